The van der Waals surface area contributed by atoms with Crippen molar-refractivity contribution in [1.29, 1.82) is 0 Å². The lowest BCUT2D eigenvalue weighted by Gasteiger charge is -2.06. The van der Waals surface area contributed by atoms with Crippen LogP contribution in [0.15, 0.2) is 21.9 Å². The van der Waals surface area contributed by atoms with Crippen molar-refractivity contribution in [2.45, 2.75) is 18.1 Å². The molecule has 0 fully saturated rings. The Bertz CT molecular complexity index is 620. The fourth-order valence-corrected chi connectivity index (χ4v) is 2.56. The lowest BCUT2D eigenvalue weighted by atomic mass is 10.4. The lowest BCUT2D eigenvalue weighted by Crippen LogP contribution is -2.09. The summed E-state index contributed by atoms with van der Waals surface area (Å²) in [5, 5.41) is 8.86. The first-order chi connectivity index (χ1) is 8.97. The van der Waals surface area contributed by atoms with Gasteiger partial charge in [-0.3, -0.25) is 9.36 Å². The summed E-state index contributed by atoms with van der Waals surface area (Å²) in [6, 6.07) is 1.65. The summed E-state index contributed by atoms with van der Waals surface area (Å²) in [6.07, 6.45) is -1.08. The molecule has 0 bridgehead atoms. The molecule has 102 valence electrons. The van der Waals surface area contributed by atoms with E-state index in [1.165, 1.54) is 10.8 Å². The Morgan fingerprint density at radius 1 is 1.58 bits per heavy atom. The second kappa shape index (κ2) is 5.83. The van der Waals surface area contributed by atoms with Gasteiger partial charge in [-0.05, 0) is 22.0 Å². The topological polar surface area (TPSA) is 68.0 Å². The molecule has 2 aromatic heterocycles. The van der Waals surface area contributed by atoms with Gasteiger partial charge in [-0.2, -0.15) is 0 Å². The van der Waals surface area contributed by atoms with E-state index in [9.17, 15) is 13.6 Å². The Balaban J connectivity index is 2.44. The molecule has 0 aromatic carbocycles. The van der Waals surface area contributed by atoms with Crippen molar-refractivity contribution in [2.24, 2.45) is 0 Å². The van der Waals surface area contributed by atoms with Gasteiger partial charge in [0.2, 0.25) is 0 Å². The standard InChI is InChI=1S/C10H8BrF2N3O2S/c11-5-1-6-9(14-2-5)16(3-7(12)13)10(15-6)19-4-8(17)18/h1-2,7H,3-4H2,(H,17,18). The van der Waals surface area contributed by atoms with Crippen LogP contribution >= 0.6 is 27.7 Å². The minimum absolute atomic E-state index is 0.225. The maximum atomic E-state index is 12.6. The number of carbonyl (C=O) groups is 1. The molecule has 5 nitrogen and oxygen atoms in total. The molecule has 0 aliphatic heterocycles. The van der Waals surface area contributed by atoms with Crippen LogP contribution in [0.1, 0.15) is 0 Å². The lowest BCUT2D eigenvalue weighted by molar-refractivity contribution is -0.133. The predicted molar refractivity (Wildman–Crippen MR) is 69.6 cm³/mol. The van der Waals surface area contributed by atoms with Crippen LogP contribution in [0.5, 0.6) is 0 Å². The molecule has 2 aromatic rings. The highest BCUT2D eigenvalue weighted by Gasteiger charge is 2.17. The SMILES string of the molecule is O=C(O)CSc1nc2cc(Br)cnc2n1CC(F)F. The number of hydrogen-bond acceptors (Lipinski definition) is 4. The zero-order chi connectivity index (χ0) is 14.0. The minimum Gasteiger partial charge on any atom is -0.481 e. The molecule has 2 heterocycles. The van der Waals surface area contributed by atoms with Crippen LogP contribution in [0.25, 0.3) is 11.2 Å². The Morgan fingerprint density at radius 2 is 2.32 bits per heavy atom. The van der Waals surface area contributed by atoms with Crippen molar-refractivity contribution in [3.63, 3.8) is 0 Å². The maximum Gasteiger partial charge on any atom is 0.313 e. The number of aliphatic carboxylic acids is 1. The number of hydrogen-bond donors (Lipinski definition) is 1. The molecule has 9 heteroatoms. The number of nitrogens with zero attached hydrogens (tertiary/aromatic N) is 3. The molecule has 2 rings (SSSR count). The second-order valence-electron chi connectivity index (χ2n) is 3.57. The van der Waals surface area contributed by atoms with E-state index in [1.54, 1.807) is 6.07 Å². The summed E-state index contributed by atoms with van der Waals surface area (Å²) >= 11 is 4.11. The summed E-state index contributed by atoms with van der Waals surface area (Å²) < 4.78 is 27.1. The quantitative estimate of drug-likeness (QED) is 0.838. The van der Waals surface area contributed by atoms with Crippen molar-refractivity contribution >= 4 is 44.8 Å². The van der Waals surface area contributed by atoms with E-state index in [2.05, 4.69) is 25.9 Å². The number of pyridine rings is 1. The van der Waals surface area contributed by atoms with E-state index < -0.39 is 18.9 Å². The van der Waals surface area contributed by atoms with Crippen LogP contribution in [0.3, 0.4) is 0 Å². The van der Waals surface area contributed by atoms with E-state index in [4.69, 9.17) is 5.11 Å². The summed E-state index contributed by atoms with van der Waals surface area (Å²) in [5.41, 5.74) is 0.763. The maximum absolute atomic E-state index is 12.6. The molecule has 0 aliphatic carbocycles. The van der Waals surface area contributed by atoms with Gasteiger partial charge in [0.25, 0.3) is 6.43 Å². The smallest absolute Gasteiger partial charge is 0.313 e. The van der Waals surface area contributed by atoms with Crippen LogP contribution in [-0.2, 0) is 11.3 Å². The minimum atomic E-state index is -2.56. The van der Waals surface area contributed by atoms with Gasteiger partial charge in [-0.1, -0.05) is 11.8 Å². The number of alkyl halides is 2. The predicted octanol–water partition coefficient (Wildman–Crippen LogP) is 2.64. The first-order valence-corrected chi connectivity index (χ1v) is 6.89. The number of thioether (sulfide) groups is 1. The number of fused-ring (bicyclic) bond motifs is 1. The number of aromatic nitrogens is 3. The van der Waals surface area contributed by atoms with Gasteiger partial charge in [-0.15, -0.1) is 0 Å². The van der Waals surface area contributed by atoms with Crippen LogP contribution in [0.4, 0.5) is 8.78 Å². The van der Waals surface area contributed by atoms with Crippen LogP contribution < -0.4 is 0 Å². The van der Waals surface area contributed by atoms with Crippen molar-refractivity contribution in [3.05, 3.63) is 16.7 Å². The van der Waals surface area contributed by atoms with E-state index in [-0.39, 0.29) is 10.9 Å². The molecule has 0 saturated carbocycles. The van der Waals surface area contributed by atoms with Gasteiger partial charge >= 0.3 is 5.97 Å². The van der Waals surface area contributed by atoms with Crippen LogP contribution in [0.2, 0.25) is 0 Å². The molecule has 0 saturated heterocycles. The molecule has 1 N–H and O–H groups in total. The van der Waals surface area contributed by atoms with E-state index >= 15 is 0 Å². The fraction of sp³-hybridized carbons (Fsp3) is 0.300. The zero-order valence-corrected chi connectivity index (χ0v) is 11.8. The first kappa shape index (κ1) is 14.2. The number of rotatable bonds is 5. The number of carboxylic acid groups (broad SMARTS) is 1. The summed E-state index contributed by atoms with van der Waals surface area (Å²) in [5.74, 6) is -1.27. The highest BCUT2D eigenvalue weighted by molar-refractivity contribution is 9.10. The highest BCUT2D eigenvalue weighted by atomic mass is 79.9. The molecule has 0 unspecified atom stereocenters. The highest BCUT2D eigenvalue weighted by Crippen LogP contribution is 2.25. The second-order valence-corrected chi connectivity index (χ2v) is 5.43. The summed E-state index contributed by atoms with van der Waals surface area (Å²) in [4.78, 5) is 18.7. The first-order valence-electron chi connectivity index (χ1n) is 5.12. The van der Waals surface area contributed by atoms with Gasteiger partial charge < -0.3 is 5.11 Å². The van der Waals surface area contributed by atoms with Gasteiger partial charge in [0, 0.05) is 10.7 Å². The monoisotopic (exact) mass is 351 g/mol. The molecule has 0 spiro atoms. The third-order valence-electron chi connectivity index (χ3n) is 2.16. The Kier molecular flexibility index (Phi) is 4.35. The van der Waals surface area contributed by atoms with Crippen molar-refractivity contribution in [1.82, 2.24) is 14.5 Å². The molecule has 0 radical (unpaired) electrons. The van der Waals surface area contributed by atoms with E-state index in [0.717, 1.165) is 11.8 Å². The Labute approximate surface area is 119 Å². The molecular weight excluding hydrogens is 344 g/mol. The number of halogens is 3. The molecule has 0 amide bonds. The fourth-order valence-electron chi connectivity index (χ4n) is 1.50. The van der Waals surface area contributed by atoms with Gasteiger partial charge in [0.1, 0.15) is 5.52 Å². The third-order valence-corrected chi connectivity index (χ3v) is 3.56. The number of carboxylic acids is 1. The van der Waals surface area contributed by atoms with E-state index in [0.29, 0.717) is 15.6 Å². The van der Waals surface area contributed by atoms with Crippen molar-refractivity contribution in [2.75, 3.05) is 5.75 Å². The average molecular weight is 352 g/mol. The number of imidazole rings is 1. The largest absolute Gasteiger partial charge is 0.481 e. The zero-order valence-electron chi connectivity index (χ0n) is 9.39. The molecular formula is C10H8BrF2N3O2S. The van der Waals surface area contributed by atoms with Gasteiger partial charge in [0.05, 0.1) is 12.3 Å². The normalized spacial score (nSPS) is 11.4. The Morgan fingerprint density at radius 3 is 2.95 bits per heavy atom. The average Bonchev–Trinajstić information content (AvgIpc) is 2.63. The van der Waals surface area contributed by atoms with E-state index in [1.807, 2.05) is 0 Å². The summed E-state index contributed by atoms with van der Waals surface area (Å²) in [7, 11) is 0. The molecule has 0 aliphatic rings. The third kappa shape index (κ3) is 3.41. The molecule has 19 heavy (non-hydrogen) atoms. The van der Waals surface area contributed by atoms with Crippen LogP contribution in [-0.4, -0.2) is 37.8 Å². The van der Waals surface area contributed by atoms with Crippen molar-refractivity contribution in [3.8, 4) is 0 Å². The Hall–Kier alpha value is -1.22. The molecule has 0 atom stereocenters. The van der Waals surface area contributed by atoms with Crippen LogP contribution in [0, 0.1) is 0 Å². The van der Waals surface area contributed by atoms with Gasteiger partial charge in [-0.25, -0.2) is 18.7 Å². The van der Waals surface area contributed by atoms with Crippen molar-refractivity contribution < 1.29 is 18.7 Å². The van der Waals surface area contributed by atoms with Gasteiger partial charge in [0.15, 0.2) is 10.8 Å². The summed E-state index contributed by atoms with van der Waals surface area (Å²) in [6.45, 7) is -0.562.